The van der Waals surface area contributed by atoms with Crippen molar-refractivity contribution in [2.24, 2.45) is 0 Å². The van der Waals surface area contributed by atoms with Gasteiger partial charge in [0.15, 0.2) is 0 Å². The second kappa shape index (κ2) is 23.3. The Kier molecular flexibility index (Phi) is 13.5. The van der Waals surface area contributed by atoms with E-state index in [0.717, 1.165) is 28.4 Å². The van der Waals surface area contributed by atoms with E-state index in [1.807, 2.05) is 0 Å². The van der Waals surface area contributed by atoms with Crippen molar-refractivity contribution in [1.82, 2.24) is 4.57 Å². The molecule has 1 aromatic heterocycles. The largest absolute Gasteiger partial charge is 0.355 e. The zero-order valence-electron chi connectivity index (χ0n) is 53.7. The van der Waals surface area contributed by atoms with Crippen LogP contribution in [0.3, 0.4) is 0 Å². The molecule has 3 heteroatoms. The first-order valence-corrected chi connectivity index (χ1v) is 33.9. The molecule has 1 N–H and O–H groups in total. The summed E-state index contributed by atoms with van der Waals surface area (Å²) in [6, 6.07) is 138. The van der Waals surface area contributed by atoms with Gasteiger partial charge in [0.05, 0.1) is 27.8 Å². The first-order chi connectivity index (χ1) is 48.6. The number of rotatable bonds is 9. The van der Waals surface area contributed by atoms with E-state index < -0.39 is 5.41 Å². The molecule has 0 saturated heterocycles. The molecule has 1 spiro atoms. The molecule has 0 fully saturated rings. The van der Waals surface area contributed by atoms with Gasteiger partial charge in [-0.3, -0.25) is 0 Å². The molecule has 18 aromatic rings. The second-order valence-electron chi connectivity index (χ2n) is 25.9. The smallest absolute Gasteiger partial charge is 0.0755 e. The lowest BCUT2D eigenvalue weighted by Gasteiger charge is -2.40. The van der Waals surface area contributed by atoms with E-state index in [2.05, 4.69) is 391 Å². The molecule has 20 rings (SSSR count). The third kappa shape index (κ3) is 9.19. The average molecular weight is 1250 g/mol. The summed E-state index contributed by atoms with van der Waals surface area (Å²) in [5.74, 6) is 0. The maximum atomic E-state index is 3.66. The second-order valence-corrected chi connectivity index (χ2v) is 25.9. The minimum atomic E-state index is -0.566. The van der Waals surface area contributed by atoms with Gasteiger partial charge in [0.1, 0.15) is 0 Å². The van der Waals surface area contributed by atoms with E-state index in [9.17, 15) is 0 Å². The SMILES string of the molecule is c1ccc(-c2ccc(-c3ccccc3N(c3ccc4c(c3)C3(c5ccccc5-4)c4ccccc4-n4c5ccccc5c5cccc3c54)c3ccc4c(ccc5ccccc54)c3)cc2)cc1.c1ccc(-c2ccc(-c3ccccc3Nc3ccc4c(ccc5ccccc54)c3)cc2)cc1. The van der Waals surface area contributed by atoms with Crippen molar-refractivity contribution in [3.8, 4) is 61.3 Å². The Balaban J connectivity index is 0.000000171. The van der Waals surface area contributed by atoms with Crippen LogP contribution in [0.25, 0.3) is 126 Å². The molecule has 0 amide bonds. The van der Waals surface area contributed by atoms with E-state index in [4.69, 9.17) is 0 Å². The number of hydrogen-bond donors (Lipinski definition) is 1. The third-order valence-electron chi connectivity index (χ3n) is 20.6. The molecule has 98 heavy (non-hydrogen) atoms. The maximum Gasteiger partial charge on any atom is 0.0755 e. The van der Waals surface area contributed by atoms with E-state index in [1.54, 1.807) is 0 Å². The minimum absolute atomic E-state index is 0.566. The summed E-state index contributed by atoms with van der Waals surface area (Å²) < 4.78 is 2.52. The quantitative estimate of drug-likeness (QED) is 0.145. The molecule has 1 aliphatic heterocycles. The highest BCUT2D eigenvalue weighted by Gasteiger charge is 2.51. The van der Waals surface area contributed by atoms with Crippen LogP contribution in [0.5, 0.6) is 0 Å². The molecule has 0 saturated carbocycles. The number of aromatic nitrogens is 1. The first kappa shape index (κ1) is 56.7. The number of benzene rings is 17. The molecule has 458 valence electrons. The Morgan fingerprint density at radius 1 is 0.255 bits per heavy atom. The van der Waals surface area contributed by atoms with Crippen molar-refractivity contribution in [2.75, 3.05) is 10.2 Å². The van der Waals surface area contributed by atoms with Crippen LogP contribution in [0.1, 0.15) is 22.3 Å². The topological polar surface area (TPSA) is 20.2 Å². The summed E-state index contributed by atoms with van der Waals surface area (Å²) in [6.07, 6.45) is 0. The van der Waals surface area contributed by atoms with Crippen LogP contribution in [-0.4, -0.2) is 4.57 Å². The van der Waals surface area contributed by atoms with Crippen LogP contribution in [0.2, 0.25) is 0 Å². The summed E-state index contributed by atoms with van der Waals surface area (Å²) in [6.45, 7) is 0. The van der Waals surface area contributed by atoms with E-state index in [0.29, 0.717) is 0 Å². The van der Waals surface area contributed by atoms with E-state index in [1.165, 1.54) is 148 Å². The van der Waals surface area contributed by atoms with Gasteiger partial charge in [0, 0.05) is 44.6 Å². The molecule has 0 bridgehead atoms. The fourth-order valence-corrected chi connectivity index (χ4v) is 16.2. The summed E-state index contributed by atoms with van der Waals surface area (Å²) in [5.41, 5.74) is 26.1. The van der Waals surface area contributed by atoms with Gasteiger partial charge in [-0.15, -0.1) is 0 Å². The zero-order chi connectivity index (χ0) is 64.7. The molecule has 1 aliphatic carbocycles. The highest BCUT2D eigenvalue weighted by Crippen LogP contribution is 2.62. The molecule has 1 unspecified atom stereocenters. The Morgan fingerprint density at radius 3 is 1.44 bits per heavy atom. The predicted octanol–water partition coefficient (Wildman–Crippen LogP) is 25.6. The molecular weight excluding hydrogens is 1180 g/mol. The lowest BCUT2D eigenvalue weighted by Crippen LogP contribution is -2.33. The number of hydrogen-bond acceptors (Lipinski definition) is 2. The van der Waals surface area contributed by atoms with Crippen molar-refractivity contribution in [1.29, 1.82) is 0 Å². The maximum absolute atomic E-state index is 3.66. The van der Waals surface area contributed by atoms with Crippen LogP contribution in [-0.2, 0) is 5.41 Å². The van der Waals surface area contributed by atoms with Crippen molar-refractivity contribution in [3.63, 3.8) is 0 Å². The Hall–Kier alpha value is -12.8. The van der Waals surface area contributed by atoms with Gasteiger partial charge in [0.25, 0.3) is 0 Å². The number of anilines is 5. The summed E-state index contributed by atoms with van der Waals surface area (Å²) in [4.78, 5) is 2.50. The van der Waals surface area contributed by atoms with Crippen LogP contribution in [0.15, 0.2) is 376 Å². The predicted molar refractivity (Wildman–Crippen MR) is 414 cm³/mol. The Labute approximate surface area is 569 Å². The summed E-state index contributed by atoms with van der Waals surface area (Å²) in [7, 11) is 0. The molecule has 2 heterocycles. The molecule has 0 radical (unpaired) electrons. The molecule has 2 aliphatic rings. The standard InChI is InChI=1S/C63H40N2.C32H23N/c1-2-15-41(16-3-1)42-29-31-44(32-30-42)50-19-7-11-26-59(50)64(46-35-37-49-45(39-46)34-33-43-17-4-5-18-48(43)49)47-36-38-52-51-20-6-9-23-55(51)63(58(52)40-47)56-24-10-13-28-61(56)65-60-27-12-8-21-53(60)54-22-14-25-57(63)62(54)65;1-2-8-23(9-3-1)24-14-16-26(17-15-24)31-12-6-7-13-32(31)33-28-20-21-30-27(22-28)19-18-25-10-4-5-11-29(25)30/h1-40H;1-22,33H. The fraction of sp³-hybridized carbons (Fsp3) is 0.0105. The molecule has 1 atom stereocenters. The first-order valence-electron chi connectivity index (χ1n) is 33.9. The van der Waals surface area contributed by atoms with Crippen LogP contribution in [0.4, 0.5) is 28.4 Å². The van der Waals surface area contributed by atoms with Gasteiger partial charge in [-0.05, 0) is 171 Å². The normalized spacial score (nSPS) is 13.3. The van der Waals surface area contributed by atoms with Gasteiger partial charge in [-0.2, -0.15) is 0 Å². The molecule has 17 aromatic carbocycles. The third-order valence-corrected chi connectivity index (χ3v) is 20.6. The highest BCUT2D eigenvalue weighted by molar-refractivity contribution is 6.14. The van der Waals surface area contributed by atoms with Gasteiger partial charge >= 0.3 is 0 Å². The van der Waals surface area contributed by atoms with Crippen LogP contribution in [0, 0.1) is 0 Å². The monoisotopic (exact) mass is 1250 g/mol. The highest BCUT2D eigenvalue weighted by atomic mass is 15.1. The summed E-state index contributed by atoms with van der Waals surface area (Å²) >= 11 is 0. The minimum Gasteiger partial charge on any atom is -0.355 e. The van der Waals surface area contributed by atoms with Crippen LogP contribution < -0.4 is 10.2 Å². The number of nitrogens with zero attached hydrogens (tertiary/aromatic N) is 2. The van der Waals surface area contributed by atoms with Crippen molar-refractivity contribution in [3.05, 3.63) is 398 Å². The lowest BCUT2D eigenvalue weighted by atomic mass is 9.65. The fourth-order valence-electron chi connectivity index (χ4n) is 16.2. The number of nitrogens with one attached hydrogen (secondary N) is 1. The Bertz CT molecular complexity index is 6150. The van der Waals surface area contributed by atoms with Gasteiger partial charge in [0.2, 0.25) is 0 Å². The number of fused-ring (bicyclic) bond motifs is 18. The van der Waals surface area contributed by atoms with Crippen molar-refractivity contribution < 1.29 is 0 Å². The van der Waals surface area contributed by atoms with Crippen LogP contribution >= 0.6 is 0 Å². The summed E-state index contributed by atoms with van der Waals surface area (Å²) in [5, 5.41) is 16.3. The van der Waals surface area contributed by atoms with Crippen molar-refractivity contribution in [2.45, 2.75) is 5.41 Å². The molecular formula is C95H63N3. The number of para-hydroxylation sites is 5. The average Bonchev–Trinajstić information content (AvgIpc) is 1.48. The van der Waals surface area contributed by atoms with Crippen molar-refractivity contribution >= 4 is 93.3 Å². The van der Waals surface area contributed by atoms with Gasteiger partial charge < -0.3 is 14.8 Å². The molecule has 3 nitrogen and oxygen atoms in total. The van der Waals surface area contributed by atoms with Gasteiger partial charge in [-0.1, -0.05) is 315 Å². The zero-order valence-corrected chi connectivity index (χ0v) is 53.7. The van der Waals surface area contributed by atoms with Gasteiger partial charge in [-0.25, -0.2) is 0 Å². The van der Waals surface area contributed by atoms with E-state index >= 15 is 0 Å². The lowest BCUT2D eigenvalue weighted by molar-refractivity contribution is 0.748. The Morgan fingerprint density at radius 2 is 0.724 bits per heavy atom. The van der Waals surface area contributed by atoms with E-state index in [-0.39, 0.29) is 0 Å².